The average molecular weight is 531 g/mol. The minimum atomic E-state index is -0.767. The Bertz CT molecular complexity index is 1300. The van der Waals surface area contributed by atoms with Crippen LogP contribution >= 0.6 is 27.3 Å². The van der Waals surface area contributed by atoms with Crippen LogP contribution in [0, 0.1) is 39.6 Å². The number of aryl methyl sites for hydroxylation is 1. The van der Waals surface area contributed by atoms with Crippen LogP contribution < -0.4 is 10.6 Å². The second kappa shape index (κ2) is 8.08. The quantitative estimate of drug-likeness (QED) is 0.395. The average Bonchev–Trinajstić information content (AvgIpc) is 3.05. The third kappa shape index (κ3) is 3.85. The number of nitro groups is 1. The maximum Gasteiger partial charge on any atom is 0.296 e. The van der Waals surface area contributed by atoms with E-state index >= 15 is 0 Å². The van der Waals surface area contributed by atoms with Crippen molar-refractivity contribution < 1.29 is 14.1 Å². The molecular weight excluding hydrogens is 511 g/mol. The van der Waals surface area contributed by atoms with Gasteiger partial charge in [0.2, 0.25) is 0 Å². The Morgan fingerprint density at radius 3 is 2.64 bits per heavy atom. The molecule has 1 aromatic carbocycles. The molecule has 1 aromatic heterocycles. The third-order valence-electron chi connectivity index (χ3n) is 5.92. The normalized spacial score (nSPS) is 20.1. The number of nitrogens with two attached hydrogens (primary N) is 1. The maximum absolute atomic E-state index is 13.9. The Morgan fingerprint density at radius 2 is 2.06 bits per heavy atom. The molecule has 0 bridgehead atoms. The second-order valence-electron chi connectivity index (χ2n) is 8.92. The molecule has 2 N–H and O–H groups in total. The molecule has 1 unspecified atom stereocenters. The molecule has 2 heterocycles. The van der Waals surface area contributed by atoms with Crippen molar-refractivity contribution in [3.8, 4) is 6.07 Å². The van der Waals surface area contributed by atoms with Crippen LogP contribution in [0.15, 0.2) is 51.4 Å². The Balaban J connectivity index is 2.05. The summed E-state index contributed by atoms with van der Waals surface area (Å²) in [6.07, 6.45) is 0.676. The second-order valence-corrected chi connectivity index (χ2v) is 11.1. The molecule has 4 rings (SSSR count). The number of nitriles is 1. The smallest absolute Gasteiger partial charge is 0.296 e. The van der Waals surface area contributed by atoms with Crippen LogP contribution in [-0.4, -0.2) is 10.7 Å². The van der Waals surface area contributed by atoms with E-state index in [1.165, 1.54) is 22.3 Å². The summed E-state index contributed by atoms with van der Waals surface area (Å²) in [7, 11) is 0. The fourth-order valence-electron chi connectivity index (χ4n) is 4.52. The number of nitro benzene ring substituents is 1. The van der Waals surface area contributed by atoms with Crippen LogP contribution in [0.4, 0.5) is 15.8 Å². The van der Waals surface area contributed by atoms with Crippen LogP contribution in [0.2, 0.25) is 0 Å². The van der Waals surface area contributed by atoms with Gasteiger partial charge in [0.05, 0.1) is 28.5 Å². The Kier molecular flexibility index (Phi) is 5.66. The highest BCUT2D eigenvalue weighted by Crippen LogP contribution is 2.52. The zero-order chi connectivity index (χ0) is 24.2. The van der Waals surface area contributed by atoms with Crippen molar-refractivity contribution in [2.45, 2.75) is 39.5 Å². The Morgan fingerprint density at radius 1 is 1.36 bits per heavy atom. The molecule has 10 heteroatoms. The lowest BCUT2D eigenvalue weighted by molar-refractivity contribution is -0.384. The number of Topliss-reactive ketones (excluding diaryl/α,β-unsaturated/α-hetero) is 1. The van der Waals surface area contributed by atoms with Gasteiger partial charge in [-0.2, -0.15) is 5.26 Å². The van der Waals surface area contributed by atoms with Gasteiger partial charge in [0.25, 0.3) is 5.69 Å². The van der Waals surface area contributed by atoms with E-state index < -0.39 is 27.8 Å². The SMILES string of the molecule is Cc1sc(C2C(C#N)=C(N)N(c3ccc(F)cc3[N+](=O)[O-])C3=C2C(=O)CC(C)(C)C3)cc1Br. The molecule has 2 aromatic rings. The molecule has 0 saturated carbocycles. The fraction of sp³-hybridized carbons (Fsp3) is 0.304. The summed E-state index contributed by atoms with van der Waals surface area (Å²) < 4.78 is 14.7. The Labute approximate surface area is 202 Å². The van der Waals surface area contributed by atoms with Gasteiger partial charge in [-0.15, -0.1) is 11.3 Å². The number of carbonyl (C=O) groups is 1. The number of nitrogens with zero attached hydrogens (tertiary/aromatic N) is 3. The van der Waals surface area contributed by atoms with Crippen molar-refractivity contribution in [2.75, 3.05) is 4.90 Å². The van der Waals surface area contributed by atoms with E-state index in [0.717, 1.165) is 26.4 Å². The summed E-state index contributed by atoms with van der Waals surface area (Å²) in [6.45, 7) is 5.80. The summed E-state index contributed by atoms with van der Waals surface area (Å²) in [6, 6.07) is 7.20. The van der Waals surface area contributed by atoms with Crippen LogP contribution in [0.1, 0.15) is 42.4 Å². The van der Waals surface area contributed by atoms with Gasteiger partial charge in [-0.25, -0.2) is 4.39 Å². The number of anilines is 1. The molecule has 1 atom stereocenters. The molecule has 33 heavy (non-hydrogen) atoms. The number of thiophene rings is 1. The van der Waals surface area contributed by atoms with Gasteiger partial charge in [0.1, 0.15) is 17.3 Å². The van der Waals surface area contributed by atoms with Crippen molar-refractivity contribution >= 4 is 44.4 Å². The van der Waals surface area contributed by atoms with Gasteiger partial charge in [-0.1, -0.05) is 13.8 Å². The molecule has 7 nitrogen and oxygen atoms in total. The van der Waals surface area contributed by atoms with Gasteiger partial charge in [-0.3, -0.25) is 19.8 Å². The highest BCUT2D eigenvalue weighted by atomic mass is 79.9. The molecule has 1 aliphatic heterocycles. The number of carbonyl (C=O) groups excluding carboxylic acids is 1. The number of halogens is 2. The predicted molar refractivity (Wildman–Crippen MR) is 127 cm³/mol. The molecular formula is C23H20BrFN4O3S. The molecule has 0 spiro atoms. The topological polar surface area (TPSA) is 113 Å². The molecule has 1 aliphatic carbocycles. The first-order valence-electron chi connectivity index (χ1n) is 10.1. The van der Waals surface area contributed by atoms with E-state index in [2.05, 4.69) is 22.0 Å². The minimum Gasteiger partial charge on any atom is -0.384 e. The van der Waals surface area contributed by atoms with E-state index in [4.69, 9.17) is 5.73 Å². The van der Waals surface area contributed by atoms with Crippen LogP contribution in [-0.2, 0) is 4.79 Å². The van der Waals surface area contributed by atoms with Crippen molar-refractivity contribution in [1.29, 1.82) is 5.26 Å². The van der Waals surface area contributed by atoms with Crippen molar-refractivity contribution in [2.24, 2.45) is 11.1 Å². The van der Waals surface area contributed by atoms with Gasteiger partial charge >= 0.3 is 0 Å². The molecule has 0 fully saturated rings. The highest BCUT2D eigenvalue weighted by molar-refractivity contribution is 9.10. The summed E-state index contributed by atoms with van der Waals surface area (Å²) in [5, 5.41) is 21.8. The lowest BCUT2D eigenvalue weighted by Gasteiger charge is -2.43. The van der Waals surface area contributed by atoms with Crippen molar-refractivity contribution in [1.82, 2.24) is 0 Å². The molecule has 0 amide bonds. The summed E-state index contributed by atoms with van der Waals surface area (Å²) >= 11 is 4.96. The molecule has 0 radical (unpaired) electrons. The van der Waals surface area contributed by atoms with Crippen LogP contribution in [0.5, 0.6) is 0 Å². The van der Waals surface area contributed by atoms with Crippen LogP contribution in [0.3, 0.4) is 0 Å². The van der Waals surface area contributed by atoms with Crippen molar-refractivity contribution in [3.05, 3.63) is 77.1 Å². The lowest BCUT2D eigenvalue weighted by atomic mass is 9.69. The first kappa shape index (κ1) is 23.1. The summed E-state index contributed by atoms with van der Waals surface area (Å²) in [5.74, 6) is -1.57. The van der Waals surface area contributed by atoms with Gasteiger partial charge in [0, 0.05) is 31.9 Å². The maximum atomic E-state index is 13.9. The van der Waals surface area contributed by atoms with Gasteiger partial charge in [-0.05, 0) is 52.9 Å². The van der Waals surface area contributed by atoms with E-state index in [-0.39, 0.29) is 29.3 Å². The lowest BCUT2D eigenvalue weighted by Crippen LogP contribution is -2.42. The fourth-order valence-corrected chi connectivity index (χ4v) is 6.21. The first-order chi connectivity index (χ1) is 15.4. The first-order valence-corrected chi connectivity index (χ1v) is 11.7. The molecule has 0 saturated heterocycles. The number of hydrogen-bond donors (Lipinski definition) is 1. The largest absolute Gasteiger partial charge is 0.384 e. The zero-order valence-electron chi connectivity index (χ0n) is 18.1. The van der Waals surface area contributed by atoms with E-state index in [9.17, 15) is 24.6 Å². The van der Waals surface area contributed by atoms with Crippen LogP contribution in [0.25, 0.3) is 0 Å². The number of rotatable bonds is 3. The highest BCUT2D eigenvalue weighted by Gasteiger charge is 2.46. The van der Waals surface area contributed by atoms with E-state index in [1.807, 2.05) is 26.8 Å². The number of ketones is 1. The van der Waals surface area contributed by atoms with Gasteiger partial charge < -0.3 is 5.73 Å². The third-order valence-corrected chi connectivity index (χ3v) is 8.12. The number of allylic oxidation sites excluding steroid dienone is 3. The minimum absolute atomic E-state index is 0.00336. The summed E-state index contributed by atoms with van der Waals surface area (Å²) in [4.78, 5) is 27.7. The van der Waals surface area contributed by atoms with Crippen molar-refractivity contribution in [3.63, 3.8) is 0 Å². The van der Waals surface area contributed by atoms with Gasteiger partial charge in [0.15, 0.2) is 5.78 Å². The standard InChI is InChI=1S/C23H20BrFN4O3S/c1-11-14(24)7-19(33-11)20-13(10-26)22(27)28(15-5-4-12(25)6-16(15)29(31)32)17-8-23(2,3)9-18(30)21(17)20/h4-7,20H,8-9,27H2,1-3H3. The monoisotopic (exact) mass is 530 g/mol. The Hall–Kier alpha value is -3.03. The number of hydrogen-bond acceptors (Lipinski definition) is 7. The predicted octanol–water partition coefficient (Wildman–Crippen LogP) is 5.81. The molecule has 2 aliphatic rings. The number of benzene rings is 1. The van der Waals surface area contributed by atoms with E-state index in [0.29, 0.717) is 17.7 Å². The van der Waals surface area contributed by atoms with E-state index in [1.54, 1.807) is 0 Å². The summed E-state index contributed by atoms with van der Waals surface area (Å²) in [5.41, 5.74) is 6.65. The molecule has 170 valence electrons. The zero-order valence-corrected chi connectivity index (χ0v) is 20.5.